The van der Waals surface area contributed by atoms with Crippen LogP contribution in [0.15, 0.2) is 12.2 Å². The van der Waals surface area contributed by atoms with Crippen LogP contribution in [0.2, 0.25) is 0 Å². The Morgan fingerprint density at radius 1 is 1.52 bits per heavy atom. The van der Waals surface area contributed by atoms with Crippen molar-refractivity contribution < 1.29 is 29.3 Å². The predicted octanol–water partition coefficient (Wildman–Crippen LogP) is -0.428. The molecule has 4 aliphatic rings. The predicted molar refractivity (Wildman–Crippen MR) is 69.0 cm³/mol. The van der Waals surface area contributed by atoms with Crippen molar-refractivity contribution in [2.24, 2.45) is 17.3 Å². The first kappa shape index (κ1) is 13.4. The van der Waals surface area contributed by atoms with Gasteiger partial charge in [-0.1, -0.05) is 12.2 Å². The van der Waals surface area contributed by atoms with E-state index in [0.717, 1.165) is 0 Å². The normalized spacial score (nSPS) is 60.0. The Morgan fingerprint density at radius 2 is 2.19 bits per heavy atom. The molecule has 0 bridgehead atoms. The largest absolute Gasteiger partial charge is 0.457 e. The minimum absolute atomic E-state index is 0.203. The molecule has 1 spiro atoms. The standard InChI is InChI=1S/C15H18O6/c1-6(2)9-7(5-16)14(19)4-8-15(21-8)12(18)20-11(10(9)17)13(14,15)3/h5,7-11,17,19H,1,4H2,2-3H3/t7?,8-,9+,10?,11-,13-,14-,15+/m1/s1. The summed E-state index contributed by atoms with van der Waals surface area (Å²) < 4.78 is 10.9. The fraction of sp³-hybridized carbons (Fsp3) is 0.733. The lowest BCUT2D eigenvalue weighted by atomic mass is 9.52. The number of epoxide rings is 1. The van der Waals surface area contributed by atoms with Crippen LogP contribution in [0.25, 0.3) is 0 Å². The molecule has 2 aliphatic carbocycles. The first-order chi connectivity index (χ1) is 9.75. The van der Waals surface area contributed by atoms with Gasteiger partial charge >= 0.3 is 5.97 Å². The van der Waals surface area contributed by atoms with Crippen molar-refractivity contribution in [3.63, 3.8) is 0 Å². The monoisotopic (exact) mass is 294 g/mol. The fourth-order valence-corrected chi connectivity index (χ4v) is 5.21. The number of hydrogen-bond acceptors (Lipinski definition) is 6. The summed E-state index contributed by atoms with van der Waals surface area (Å²) >= 11 is 0. The summed E-state index contributed by atoms with van der Waals surface area (Å²) in [5, 5.41) is 21.9. The molecule has 2 heterocycles. The number of hydrogen-bond donors (Lipinski definition) is 2. The molecule has 8 atom stereocenters. The van der Waals surface area contributed by atoms with Gasteiger partial charge in [-0.2, -0.15) is 0 Å². The second-order valence-electron chi connectivity index (χ2n) is 7.02. The molecule has 2 saturated carbocycles. The average Bonchev–Trinajstić information content (AvgIpc) is 3.01. The van der Waals surface area contributed by atoms with E-state index in [4.69, 9.17) is 9.47 Å². The third-order valence-corrected chi connectivity index (χ3v) is 6.33. The molecule has 2 unspecified atom stereocenters. The minimum Gasteiger partial charge on any atom is -0.457 e. The van der Waals surface area contributed by atoms with Crippen LogP contribution >= 0.6 is 0 Å². The first-order valence-electron chi connectivity index (χ1n) is 7.15. The van der Waals surface area contributed by atoms with Gasteiger partial charge in [0.05, 0.1) is 23.0 Å². The van der Waals surface area contributed by atoms with E-state index in [0.29, 0.717) is 11.9 Å². The minimum atomic E-state index is -1.43. The summed E-state index contributed by atoms with van der Waals surface area (Å²) in [7, 11) is 0. The highest BCUT2D eigenvalue weighted by Gasteiger charge is 2.93. The Morgan fingerprint density at radius 3 is 2.76 bits per heavy atom. The van der Waals surface area contributed by atoms with Gasteiger partial charge in [-0.25, -0.2) is 4.79 Å². The zero-order valence-corrected chi connectivity index (χ0v) is 11.9. The van der Waals surface area contributed by atoms with E-state index in [-0.39, 0.29) is 6.42 Å². The highest BCUT2D eigenvalue weighted by Crippen LogP contribution is 2.75. The lowest BCUT2D eigenvalue weighted by Gasteiger charge is -2.54. The molecule has 2 N–H and O–H groups in total. The molecule has 2 saturated heterocycles. The van der Waals surface area contributed by atoms with Gasteiger partial charge in [0.15, 0.2) is 0 Å². The third-order valence-electron chi connectivity index (χ3n) is 6.33. The quantitative estimate of drug-likeness (QED) is 0.310. The van der Waals surface area contributed by atoms with Crippen LogP contribution in [0.1, 0.15) is 20.3 Å². The molecule has 0 aromatic heterocycles. The lowest BCUT2D eigenvalue weighted by molar-refractivity contribution is -0.226. The molecule has 114 valence electrons. The van der Waals surface area contributed by atoms with Crippen molar-refractivity contribution >= 4 is 12.3 Å². The van der Waals surface area contributed by atoms with Crippen LogP contribution in [0, 0.1) is 17.3 Å². The molecule has 2 aliphatic heterocycles. The third kappa shape index (κ3) is 1.05. The van der Waals surface area contributed by atoms with Crippen molar-refractivity contribution in [2.75, 3.05) is 0 Å². The van der Waals surface area contributed by atoms with Gasteiger partial charge in [-0.05, 0) is 13.8 Å². The summed E-state index contributed by atoms with van der Waals surface area (Å²) in [5.41, 5.74) is -3.15. The summed E-state index contributed by atoms with van der Waals surface area (Å²) in [5.74, 6) is -2.00. The highest BCUT2D eigenvalue weighted by atomic mass is 16.7. The molecule has 6 nitrogen and oxygen atoms in total. The van der Waals surface area contributed by atoms with Gasteiger partial charge in [0.1, 0.15) is 18.5 Å². The van der Waals surface area contributed by atoms with Gasteiger partial charge in [-0.3, -0.25) is 0 Å². The van der Waals surface area contributed by atoms with Crippen molar-refractivity contribution in [3.8, 4) is 0 Å². The Hall–Kier alpha value is -1.24. The van der Waals surface area contributed by atoms with Crippen LogP contribution in [0.4, 0.5) is 0 Å². The maximum atomic E-state index is 12.2. The number of rotatable bonds is 2. The molecule has 0 radical (unpaired) electrons. The zero-order chi connectivity index (χ0) is 15.4. The number of aliphatic hydroxyl groups excluding tert-OH is 1. The first-order valence-corrected chi connectivity index (χ1v) is 7.15. The van der Waals surface area contributed by atoms with Crippen molar-refractivity contribution in [1.82, 2.24) is 0 Å². The van der Waals surface area contributed by atoms with E-state index in [9.17, 15) is 19.8 Å². The van der Waals surface area contributed by atoms with Crippen molar-refractivity contribution in [2.45, 2.75) is 49.8 Å². The molecule has 0 aromatic rings. The van der Waals surface area contributed by atoms with Gasteiger partial charge in [0, 0.05) is 12.3 Å². The molecule has 0 aromatic carbocycles. The molecule has 4 fully saturated rings. The Balaban J connectivity index is 1.94. The Bertz CT molecular complexity index is 587. The average molecular weight is 294 g/mol. The molecule has 6 heteroatoms. The van der Waals surface area contributed by atoms with Crippen LogP contribution in [-0.2, 0) is 19.1 Å². The van der Waals surface area contributed by atoms with Gasteiger partial charge in [0.2, 0.25) is 5.60 Å². The molecule has 4 rings (SSSR count). The zero-order valence-electron chi connectivity index (χ0n) is 11.9. The van der Waals surface area contributed by atoms with Gasteiger partial charge < -0.3 is 24.5 Å². The van der Waals surface area contributed by atoms with Gasteiger partial charge in [-0.15, -0.1) is 0 Å². The number of esters is 1. The van der Waals surface area contributed by atoms with Crippen molar-refractivity contribution in [3.05, 3.63) is 12.2 Å². The molecular formula is C15H18O6. The fourth-order valence-electron chi connectivity index (χ4n) is 5.21. The number of carbonyl (C=O) groups excluding carboxylic acids is 2. The maximum Gasteiger partial charge on any atom is 0.342 e. The van der Waals surface area contributed by atoms with Crippen LogP contribution in [0.5, 0.6) is 0 Å². The second kappa shape index (κ2) is 3.39. The second-order valence-corrected chi connectivity index (χ2v) is 7.02. The number of carbonyl (C=O) groups is 2. The summed E-state index contributed by atoms with van der Waals surface area (Å²) in [6.45, 7) is 7.21. The van der Waals surface area contributed by atoms with Crippen LogP contribution in [0.3, 0.4) is 0 Å². The summed E-state index contributed by atoms with van der Waals surface area (Å²) in [6, 6.07) is 0. The SMILES string of the molecule is C=C(C)[C@@H]1C(O)[C@H]2OC(=O)[C@@]34O[C@@H]3C[C@@](O)(C1C=O)[C@@]24C. The van der Waals surface area contributed by atoms with E-state index in [1.165, 1.54) is 0 Å². The Labute approximate surface area is 121 Å². The van der Waals surface area contributed by atoms with Crippen LogP contribution in [-0.4, -0.2) is 52.0 Å². The number of aliphatic hydroxyl groups is 2. The molecule has 0 amide bonds. The highest BCUT2D eigenvalue weighted by molar-refractivity contribution is 5.90. The van der Waals surface area contributed by atoms with E-state index in [2.05, 4.69) is 6.58 Å². The van der Waals surface area contributed by atoms with E-state index in [1.807, 2.05) is 0 Å². The summed E-state index contributed by atoms with van der Waals surface area (Å²) in [6.07, 6.45) is -1.53. The van der Waals surface area contributed by atoms with Crippen LogP contribution < -0.4 is 0 Å². The van der Waals surface area contributed by atoms with Crippen molar-refractivity contribution in [1.29, 1.82) is 0 Å². The Kier molecular flexibility index (Phi) is 2.17. The van der Waals surface area contributed by atoms with E-state index in [1.54, 1.807) is 13.8 Å². The molecular weight excluding hydrogens is 276 g/mol. The van der Waals surface area contributed by atoms with E-state index < -0.39 is 52.7 Å². The number of aldehydes is 1. The summed E-state index contributed by atoms with van der Waals surface area (Å²) in [4.78, 5) is 23.9. The maximum absolute atomic E-state index is 12.2. The van der Waals surface area contributed by atoms with E-state index >= 15 is 0 Å². The lowest BCUT2D eigenvalue weighted by Crippen LogP contribution is -2.68. The molecule has 21 heavy (non-hydrogen) atoms. The van der Waals surface area contributed by atoms with Gasteiger partial charge in [0.25, 0.3) is 0 Å². The topological polar surface area (TPSA) is 96.4 Å². The smallest absolute Gasteiger partial charge is 0.342 e. The number of ether oxygens (including phenoxy) is 2.